The molecule has 190 valence electrons. The Hall–Kier alpha value is -2.29. The summed E-state index contributed by atoms with van der Waals surface area (Å²) in [6.07, 6.45) is 10.7. The third-order valence-electron chi connectivity index (χ3n) is 9.22. The summed E-state index contributed by atoms with van der Waals surface area (Å²) in [4.78, 5) is 12.8. The molecule has 5 heteroatoms. The average Bonchev–Trinajstić information content (AvgIpc) is 3.51. The van der Waals surface area contributed by atoms with E-state index >= 15 is 0 Å². The van der Waals surface area contributed by atoms with E-state index in [1.807, 2.05) is 6.20 Å². The Kier molecular flexibility index (Phi) is 7.21. The minimum atomic E-state index is 0.134. The van der Waals surface area contributed by atoms with Gasteiger partial charge >= 0.3 is 0 Å². The minimum Gasteiger partial charge on any atom is -0.366 e. The Morgan fingerprint density at radius 2 is 1.69 bits per heavy atom. The standard InChI is InChI=1S/C31H41N4P/c1-5-31(6-2,7-3)27-17-24(35-22-9-10-23(35)12-11-22)13-15-29(27)34-20(4)26-19-33-28-14-8-21(18-32)16-25(28)30(26)36/h8,13-17,19,22-23H,5-7,9-12,18,32,36H2,1-4H3. The lowest BCUT2D eigenvalue weighted by atomic mass is 9.73. The first-order valence-electron chi connectivity index (χ1n) is 13.8. The molecule has 0 aliphatic carbocycles. The molecule has 0 radical (unpaired) electrons. The van der Waals surface area contributed by atoms with Crippen LogP contribution in [0.4, 0.5) is 11.4 Å². The summed E-state index contributed by atoms with van der Waals surface area (Å²) >= 11 is 0. The summed E-state index contributed by atoms with van der Waals surface area (Å²) in [6.45, 7) is 9.65. The van der Waals surface area contributed by atoms with Gasteiger partial charge in [0.1, 0.15) is 0 Å². The minimum absolute atomic E-state index is 0.134. The molecule has 5 rings (SSSR count). The smallest absolute Gasteiger partial charge is 0.0708 e. The first kappa shape index (κ1) is 25.4. The topological polar surface area (TPSA) is 54.5 Å². The molecule has 2 aromatic carbocycles. The van der Waals surface area contributed by atoms with E-state index in [1.54, 1.807) is 0 Å². The first-order chi connectivity index (χ1) is 17.4. The monoisotopic (exact) mass is 500 g/mol. The molecular formula is C31H41N4P. The van der Waals surface area contributed by atoms with Crippen molar-refractivity contribution in [2.45, 2.75) is 96.7 Å². The maximum atomic E-state index is 5.91. The molecule has 2 bridgehead atoms. The molecule has 0 spiro atoms. The van der Waals surface area contributed by atoms with Crippen molar-refractivity contribution in [2.75, 3.05) is 4.90 Å². The number of benzene rings is 2. The van der Waals surface area contributed by atoms with Gasteiger partial charge in [0.05, 0.1) is 11.2 Å². The summed E-state index contributed by atoms with van der Waals surface area (Å²) in [5.74, 6) is 0. The predicted octanol–water partition coefficient (Wildman–Crippen LogP) is 6.93. The normalized spacial score (nSPS) is 20.1. The molecule has 1 atom stereocenters. The molecule has 0 amide bonds. The van der Waals surface area contributed by atoms with Crippen LogP contribution in [-0.2, 0) is 12.0 Å². The molecule has 2 aliphatic rings. The molecule has 3 heterocycles. The zero-order valence-corrected chi connectivity index (χ0v) is 23.5. The van der Waals surface area contributed by atoms with E-state index in [4.69, 9.17) is 15.7 Å². The summed E-state index contributed by atoms with van der Waals surface area (Å²) in [7, 11) is 2.93. The number of hydrogen-bond donors (Lipinski definition) is 1. The van der Waals surface area contributed by atoms with E-state index in [-0.39, 0.29) is 5.41 Å². The number of hydrogen-bond acceptors (Lipinski definition) is 4. The Morgan fingerprint density at radius 1 is 1.03 bits per heavy atom. The van der Waals surface area contributed by atoms with Crippen LogP contribution >= 0.6 is 9.24 Å². The van der Waals surface area contributed by atoms with Gasteiger partial charge in [-0.05, 0) is 104 Å². The highest BCUT2D eigenvalue weighted by Gasteiger charge is 2.40. The molecule has 2 saturated heterocycles. The first-order valence-corrected chi connectivity index (χ1v) is 14.4. The molecule has 2 N–H and O–H groups in total. The Labute approximate surface area is 219 Å². The fourth-order valence-corrected chi connectivity index (χ4v) is 7.29. The van der Waals surface area contributed by atoms with Crippen molar-refractivity contribution in [1.29, 1.82) is 0 Å². The van der Waals surface area contributed by atoms with Crippen LogP contribution in [0.15, 0.2) is 47.6 Å². The van der Waals surface area contributed by atoms with Gasteiger partial charge in [-0.15, -0.1) is 9.24 Å². The summed E-state index contributed by atoms with van der Waals surface area (Å²) < 4.78 is 0. The van der Waals surface area contributed by atoms with Gasteiger partial charge in [-0.3, -0.25) is 9.98 Å². The van der Waals surface area contributed by atoms with Crippen molar-refractivity contribution < 1.29 is 0 Å². The largest absolute Gasteiger partial charge is 0.366 e. The van der Waals surface area contributed by atoms with Gasteiger partial charge in [0.15, 0.2) is 0 Å². The molecule has 3 aromatic rings. The predicted molar refractivity (Wildman–Crippen MR) is 158 cm³/mol. The van der Waals surface area contributed by atoms with E-state index in [9.17, 15) is 0 Å². The molecular weight excluding hydrogens is 459 g/mol. The molecule has 2 aliphatic heterocycles. The van der Waals surface area contributed by atoms with Crippen LogP contribution < -0.4 is 15.9 Å². The van der Waals surface area contributed by atoms with Crippen molar-refractivity contribution in [3.05, 3.63) is 59.3 Å². The van der Waals surface area contributed by atoms with Crippen LogP contribution in [0.5, 0.6) is 0 Å². The number of aromatic nitrogens is 1. The Balaban J connectivity index is 1.61. The van der Waals surface area contributed by atoms with Gasteiger partial charge in [0, 0.05) is 47.2 Å². The van der Waals surface area contributed by atoms with Crippen LogP contribution in [0.2, 0.25) is 0 Å². The highest BCUT2D eigenvalue weighted by atomic mass is 31.0. The second-order valence-electron chi connectivity index (χ2n) is 10.8. The highest BCUT2D eigenvalue weighted by Crippen LogP contribution is 2.46. The maximum absolute atomic E-state index is 5.91. The van der Waals surface area contributed by atoms with E-state index in [2.05, 4.69) is 78.2 Å². The maximum Gasteiger partial charge on any atom is 0.0708 e. The second kappa shape index (κ2) is 10.2. The summed E-state index contributed by atoms with van der Waals surface area (Å²) in [5.41, 5.74) is 14.1. The molecule has 2 fully saturated rings. The van der Waals surface area contributed by atoms with Crippen molar-refractivity contribution in [3.63, 3.8) is 0 Å². The third kappa shape index (κ3) is 4.27. The van der Waals surface area contributed by atoms with Gasteiger partial charge in [0.25, 0.3) is 0 Å². The van der Waals surface area contributed by atoms with E-state index < -0.39 is 0 Å². The quantitative estimate of drug-likeness (QED) is 0.269. The second-order valence-corrected chi connectivity index (χ2v) is 11.3. The SMILES string of the molecule is CCC(CC)(CC)c1cc(N2C3CCC2CC3)ccc1N=C(C)c1cnc2ccc(CN)cc2c1P. The van der Waals surface area contributed by atoms with Gasteiger partial charge in [0.2, 0.25) is 0 Å². The molecule has 36 heavy (non-hydrogen) atoms. The van der Waals surface area contributed by atoms with Gasteiger partial charge in [-0.1, -0.05) is 26.8 Å². The Morgan fingerprint density at radius 3 is 2.31 bits per heavy atom. The number of rotatable bonds is 8. The lowest BCUT2D eigenvalue weighted by Crippen LogP contribution is -2.29. The van der Waals surface area contributed by atoms with Crippen LogP contribution in [-0.4, -0.2) is 22.8 Å². The highest BCUT2D eigenvalue weighted by molar-refractivity contribution is 7.28. The van der Waals surface area contributed by atoms with Crippen molar-refractivity contribution >= 4 is 42.5 Å². The fraction of sp³-hybridized carbons (Fsp3) is 0.484. The number of fused-ring (bicyclic) bond motifs is 3. The zero-order chi connectivity index (χ0) is 25.4. The Bertz CT molecular complexity index is 1260. The lowest BCUT2D eigenvalue weighted by molar-refractivity contribution is 0.382. The lowest BCUT2D eigenvalue weighted by Gasteiger charge is -2.34. The van der Waals surface area contributed by atoms with Crippen LogP contribution in [0.25, 0.3) is 10.9 Å². The fourth-order valence-electron chi connectivity index (χ4n) is 6.78. The molecule has 1 unspecified atom stereocenters. The van der Waals surface area contributed by atoms with Crippen molar-refractivity contribution in [1.82, 2.24) is 4.98 Å². The number of aliphatic imine (C=N–C) groups is 1. The number of nitrogens with zero attached hydrogens (tertiary/aromatic N) is 3. The van der Waals surface area contributed by atoms with E-state index in [1.165, 1.54) is 36.9 Å². The molecule has 1 aromatic heterocycles. The summed E-state index contributed by atoms with van der Waals surface area (Å²) in [5, 5.41) is 2.26. The van der Waals surface area contributed by atoms with Crippen molar-refractivity contribution in [2.24, 2.45) is 10.7 Å². The van der Waals surface area contributed by atoms with Crippen molar-refractivity contribution in [3.8, 4) is 0 Å². The number of nitrogens with two attached hydrogens (primary N) is 1. The zero-order valence-electron chi connectivity index (χ0n) is 22.3. The van der Waals surface area contributed by atoms with E-state index in [0.717, 1.165) is 70.1 Å². The van der Waals surface area contributed by atoms with Crippen LogP contribution in [0, 0.1) is 0 Å². The third-order valence-corrected chi connectivity index (χ3v) is 9.84. The van der Waals surface area contributed by atoms with Gasteiger partial charge in [-0.2, -0.15) is 0 Å². The summed E-state index contributed by atoms with van der Waals surface area (Å²) in [6, 6.07) is 14.8. The number of pyridine rings is 1. The van der Waals surface area contributed by atoms with Gasteiger partial charge < -0.3 is 10.6 Å². The molecule has 0 saturated carbocycles. The number of anilines is 1. The molecule has 4 nitrogen and oxygen atoms in total. The van der Waals surface area contributed by atoms with Crippen LogP contribution in [0.1, 0.15) is 89.3 Å². The van der Waals surface area contributed by atoms with Crippen LogP contribution in [0.3, 0.4) is 0 Å². The van der Waals surface area contributed by atoms with Gasteiger partial charge in [-0.25, -0.2) is 0 Å². The average molecular weight is 501 g/mol. The van der Waals surface area contributed by atoms with E-state index in [0.29, 0.717) is 6.54 Å².